The Kier molecular flexibility index (Phi) is 3.41. The van der Waals surface area contributed by atoms with Crippen molar-refractivity contribution in [3.8, 4) is 0 Å². The van der Waals surface area contributed by atoms with Gasteiger partial charge in [-0.25, -0.2) is 8.42 Å². The maximum absolute atomic E-state index is 11.6. The van der Waals surface area contributed by atoms with Crippen molar-refractivity contribution in [1.29, 1.82) is 0 Å². The van der Waals surface area contributed by atoms with Crippen LogP contribution in [0.2, 0.25) is 0 Å². The highest BCUT2D eigenvalue weighted by molar-refractivity contribution is 7.91. The van der Waals surface area contributed by atoms with Crippen LogP contribution in [0, 0.1) is 0 Å². The van der Waals surface area contributed by atoms with Crippen molar-refractivity contribution in [2.75, 3.05) is 6.26 Å². The van der Waals surface area contributed by atoms with Crippen molar-refractivity contribution in [1.82, 2.24) is 5.32 Å². The number of fused-ring (bicyclic) bond motifs is 2. The number of sulfone groups is 1. The molecule has 0 aromatic rings. The van der Waals surface area contributed by atoms with Crippen molar-refractivity contribution in [2.24, 2.45) is 0 Å². The Morgan fingerprint density at radius 3 is 2.56 bits per heavy atom. The largest absolute Gasteiger partial charge is 0.373 e. The van der Waals surface area contributed by atoms with E-state index in [0.717, 1.165) is 32.1 Å². The average Bonchev–Trinajstić information content (AvgIpc) is 2.90. The van der Waals surface area contributed by atoms with E-state index in [9.17, 15) is 8.42 Å². The van der Waals surface area contributed by atoms with Crippen LogP contribution in [-0.4, -0.2) is 44.2 Å². The van der Waals surface area contributed by atoms with Gasteiger partial charge in [-0.05, 0) is 38.5 Å². The summed E-state index contributed by atoms with van der Waals surface area (Å²) in [4.78, 5) is 0. The number of nitrogens with one attached hydrogen (secondary N) is 1. The molecule has 2 bridgehead atoms. The van der Waals surface area contributed by atoms with Gasteiger partial charge in [0.05, 0.1) is 17.5 Å². The van der Waals surface area contributed by atoms with Gasteiger partial charge in [-0.2, -0.15) is 0 Å². The van der Waals surface area contributed by atoms with Crippen LogP contribution in [0.1, 0.15) is 44.9 Å². The summed E-state index contributed by atoms with van der Waals surface area (Å²) in [5, 5.41) is 3.53. The molecule has 0 spiro atoms. The van der Waals surface area contributed by atoms with E-state index in [1.165, 1.54) is 19.1 Å². The quantitative estimate of drug-likeness (QED) is 0.841. The highest BCUT2D eigenvalue weighted by Gasteiger charge is 2.42. The van der Waals surface area contributed by atoms with Crippen molar-refractivity contribution >= 4 is 9.84 Å². The molecule has 0 aromatic carbocycles. The van der Waals surface area contributed by atoms with Crippen molar-refractivity contribution in [2.45, 2.75) is 74.5 Å². The topological polar surface area (TPSA) is 55.4 Å². The first-order valence-electron chi connectivity index (χ1n) is 7.13. The predicted molar refractivity (Wildman–Crippen MR) is 70.3 cm³/mol. The number of rotatable bonds is 3. The fourth-order valence-electron chi connectivity index (χ4n) is 3.80. The first-order chi connectivity index (χ1) is 8.52. The van der Waals surface area contributed by atoms with E-state index >= 15 is 0 Å². The molecule has 0 amide bonds. The molecule has 1 N–H and O–H groups in total. The minimum absolute atomic E-state index is 0.136. The van der Waals surface area contributed by atoms with E-state index in [4.69, 9.17) is 4.74 Å². The molecular formula is C13H23NO3S. The van der Waals surface area contributed by atoms with Gasteiger partial charge in [-0.1, -0.05) is 6.42 Å². The lowest BCUT2D eigenvalue weighted by atomic mass is 9.90. The van der Waals surface area contributed by atoms with Gasteiger partial charge < -0.3 is 10.1 Å². The third-order valence-electron chi connectivity index (χ3n) is 4.79. The smallest absolute Gasteiger partial charge is 0.150 e. The second-order valence-electron chi connectivity index (χ2n) is 6.20. The lowest BCUT2D eigenvalue weighted by Gasteiger charge is -2.32. The maximum atomic E-state index is 11.6. The molecule has 2 aliphatic heterocycles. The standard InChI is InChI=1S/C13H23NO3S/c1-18(15,16)11-4-2-3-9(7-11)14-12-8-10-5-6-13(12)17-10/h9-14H,2-8H2,1H3. The first kappa shape index (κ1) is 12.9. The maximum Gasteiger partial charge on any atom is 0.150 e. The summed E-state index contributed by atoms with van der Waals surface area (Å²) in [6.07, 6.45) is 9.47. The highest BCUT2D eigenvalue weighted by atomic mass is 32.2. The summed E-state index contributed by atoms with van der Waals surface area (Å²) in [6.45, 7) is 0. The zero-order valence-corrected chi connectivity index (χ0v) is 11.8. The van der Waals surface area contributed by atoms with E-state index in [-0.39, 0.29) is 5.25 Å². The normalized spacial score (nSPS) is 44.4. The molecule has 3 fully saturated rings. The van der Waals surface area contributed by atoms with E-state index in [0.29, 0.717) is 24.3 Å². The SMILES string of the molecule is CS(=O)(=O)C1CCCC(NC2CC3CCC2O3)C1. The molecule has 3 aliphatic rings. The lowest BCUT2D eigenvalue weighted by Crippen LogP contribution is -2.47. The summed E-state index contributed by atoms with van der Waals surface area (Å²) >= 11 is 0. The van der Waals surface area contributed by atoms with Crippen molar-refractivity contribution in [3.63, 3.8) is 0 Å². The fraction of sp³-hybridized carbons (Fsp3) is 1.00. The van der Waals surface area contributed by atoms with Crippen LogP contribution < -0.4 is 5.32 Å². The van der Waals surface area contributed by atoms with Crippen LogP contribution >= 0.6 is 0 Å². The Hall–Kier alpha value is -0.130. The molecule has 3 rings (SSSR count). The predicted octanol–water partition coefficient (Wildman–Crippen LogP) is 1.25. The third-order valence-corrected chi connectivity index (χ3v) is 6.43. The van der Waals surface area contributed by atoms with Crippen LogP contribution in [0.4, 0.5) is 0 Å². The summed E-state index contributed by atoms with van der Waals surface area (Å²) in [7, 11) is -2.87. The molecule has 5 heteroatoms. The van der Waals surface area contributed by atoms with E-state index < -0.39 is 9.84 Å². The molecule has 2 saturated heterocycles. The van der Waals surface area contributed by atoms with Gasteiger partial charge >= 0.3 is 0 Å². The highest BCUT2D eigenvalue weighted by Crippen LogP contribution is 2.35. The zero-order chi connectivity index (χ0) is 12.8. The van der Waals surface area contributed by atoms with Crippen LogP contribution in [0.5, 0.6) is 0 Å². The Morgan fingerprint density at radius 1 is 1.11 bits per heavy atom. The molecule has 4 nitrogen and oxygen atoms in total. The van der Waals surface area contributed by atoms with Gasteiger partial charge in [0.15, 0.2) is 0 Å². The molecule has 0 radical (unpaired) electrons. The second kappa shape index (κ2) is 4.76. The van der Waals surface area contributed by atoms with Gasteiger partial charge in [-0.15, -0.1) is 0 Å². The number of hydrogen-bond donors (Lipinski definition) is 1. The van der Waals surface area contributed by atoms with Gasteiger partial charge in [-0.3, -0.25) is 0 Å². The Labute approximate surface area is 109 Å². The molecule has 1 saturated carbocycles. The third kappa shape index (κ3) is 2.58. The number of ether oxygens (including phenoxy) is 1. The molecule has 5 unspecified atom stereocenters. The van der Waals surface area contributed by atoms with E-state index in [1.807, 2.05) is 0 Å². The molecule has 0 aromatic heterocycles. The molecule has 18 heavy (non-hydrogen) atoms. The Balaban J connectivity index is 1.57. The molecule has 104 valence electrons. The first-order valence-corrected chi connectivity index (χ1v) is 9.08. The van der Waals surface area contributed by atoms with Crippen LogP contribution in [0.25, 0.3) is 0 Å². The average molecular weight is 273 g/mol. The van der Waals surface area contributed by atoms with Gasteiger partial charge in [0.25, 0.3) is 0 Å². The Morgan fingerprint density at radius 2 is 1.94 bits per heavy atom. The minimum Gasteiger partial charge on any atom is -0.373 e. The van der Waals surface area contributed by atoms with Crippen molar-refractivity contribution < 1.29 is 13.2 Å². The van der Waals surface area contributed by atoms with Gasteiger partial charge in [0.2, 0.25) is 0 Å². The monoisotopic (exact) mass is 273 g/mol. The van der Waals surface area contributed by atoms with Gasteiger partial charge in [0.1, 0.15) is 9.84 Å². The van der Waals surface area contributed by atoms with E-state index in [1.54, 1.807) is 0 Å². The zero-order valence-electron chi connectivity index (χ0n) is 11.0. The summed E-state index contributed by atoms with van der Waals surface area (Å²) in [6, 6.07) is 0.832. The second-order valence-corrected chi connectivity index (χ2v) is 8.52. The van der Waals surface area contributed by atoms with Crippen molar-refractivity contribution in [3.05, 3.63) is 0 Å². The Bertz CT molecular complexity index is 408. The van der Waals surface area contributed by atoms with E-state index in [2.05, 4.69) is 5.32 Å². The molecule has 2 heterocycles. The number of hydrogen-bond acceptors (Lipinski definition) is 4. The van der Waals surface area contributed by atoms with Crippen LogP contribution in [0.15, 0.2) is 0 Å². The molecular weight excluding hydrogens is 250 g/mol. The van der Waals surface area contributed by atoms with Crippen LogP contribution in [0.3, 0.4) is 0 Å². The summed E-state index contributed by atoms with van der Waals surface area (Å²) in [5.74, 6) is 0. The summed E-state index contributed by atoms with van der Waals surface area (Å²) in [5.41, 5.74) is 0. The van der Waals surface area contributed by atoms with Gasteiger partial charge in [0, 0.05) is 18.3 Å². The lowest BCUT2D eigenvalue weighted by molar-refractivity contribution is 0.0951. The summed E-state index contributed by atoms with van der Waals surface area (Å²) < 4.78 is 29.1. The minimum atomic E-state index is -2.87. The van der Waals surface area contributed by atoms with Crippen LogP contribution in [-0.2, 0) is 14.6 Å². The molecule has 1 aliphatic carbocycles. The molecule has 5 atom stereocenters. The fourth-order valence-corrected chi connectivity index (χ4v) is 4.98.